The Morgan fingerprint density at radius 3 is 2.64 bits per heavy atom. The summed E-state index contributed by atoms with van der Waals surface area (Å²) in [5.41, 5.74) is 7.53. The van der Waals surface area contributed by atoms with Gasteiger partial charge in [0.05, 0.1) is 0 Å². The molecule has 0 heterocycles. The number of fused-ring (bicyclic) bond motifs is 1. The van der Waals surface area contributed by atoms with Gasteiger partial charge in [-0.05, 0) is 60.8 Å². The Kier molecular flexibility index (Phi) is 4.17. The van der Waals surface area contributed by atoms with Gasteiger partial charge in [0.1, 0.15) is 12.7 Å². The summed E-state index contributed by atoms with van der Waals surface area (Å²) in [7, 11) is 0. The van der Waals surface area contributed by atoms with Gasteiger partial charge in [-0.1, -0.05) is 25.5 Å². The second-order valence-corrected chi connectivity index (χ2v) is 8.69. The van der Waals surface area contributed by atoms with Crippen molar-refractivity contribution >= 4 is 0 Å². The maximum absolute atomic E-state index is 10.8. The molecule has 3 rings (SSSR count). The standard InChI is InChI=1S/C16H25N3O6/c1-14(5-12(25-19(22)23)7-24-18(20)21)3-11-4-15(2)9-16(8-14,10-17)6-13(11)15/h3,12-13H,4-10,17H2,1-2H3. The van der Waals surface area contributed by atoms with Gasteiger partial charge < -0.3 is 15.4 Å². The fraction of sp³-hybridized carbons (Fsp3) is 0.875. The van der Waals surface area contributed by atoms with Gasteiger partial charge in [-0.3, -0.25) is 0 Å². The van der Waals surface area contributed by atoms with E-state index in [-0.39, 0.29) is 17.3 Å². The maximum atomic E-state index is 10.8. The van der Waals surface area contributed by atoms with E-state index in [1.165, 1.54) is 5.57 Å². The van der Waals surface area contributed by atoms with Crippen molar-refractivity contribution < 1.29 is 19.8 Å². The molecule has 0 saturated heterocycles. The Morgan fingerprint density at radius 2 is 2.04 bits per heavy atom. The molecule has 0 aromatic rings. The summed E-state index contributed by atoms with van der Waals surface area (Å²) in [6, 6.07) is 0. The quantitative estimate of drug-likeness (QED) is 0.401. The van der Waals surface area contributed by atoms with Crippen LogP contribution in [0, 0.1) is 42.4 Å². The zero-order chi connectivity index (χ0) is 18.5. The summed E-state index contributed by atoms with van der Waals surface area (Å²) in [4.78, 5) is 30.2. The van der Waals surface area contributed by atoms with Gasteiger partial charge in [0.2, 0.25) is 0 Å². The van der Waals surface area contributed by atoms with E-state index in [0.717, 1.165) is 25.7 Å². The van der Waals surface area contributed by atoms with E-state index in [0.29, 0.717) is 17.9 Å². The molecule has 0 aromatic heterocycles. The minimum absolute atomic E-state index is 0.0199. The van der Waals surface area contributed by atoms with E-state index in [1.54, 1.807) is 0 Å². The van der Waals surface area contributed by atoms with E-state index in [1.807, 2.05) is 6.92 Å². The summed E-state index contributed by atoms with van der Waals surface area (Å²) in [6.45, 7) is 4.49. The molecule has 0 aliphatic heterocycles. The number of hydrogen-bond acceptors (Lipinski definition) is 7. The van der Waals surface area contributed by atoms with Gasteiger partial charge in [-0.15, -0.1) is 20.2 Å². The third-order valence-corrected chi connectivity index (χ3v) is 6.35. The molecular formula is C16H25N3O6. The van der Waals surface area contributed by atoms with Crippen LogP contribution >= 0.6 is 0 Å². The molecule has 2 N–H and O–H groups in total. The molecule has 5 unspecified atom stereocenters. The molecule has 2 fully saturated rings. The largest absolute Gasteiger partial charge is 0.330 e. The SMILES string of the molecule is CC1(CC(CO[N+](=O)[O-])O[N+](=O)[O-])C=C2CC3(C)CC(CN)(CC23)C1. The molecule has 3 aliphatic carbocycles. The first-order valence-corrected chi connectivity index (χ1v) is 8.59. The molecule has 25 heavy (non-hydrogen) atoms. The van der Waals surface area contributed by atoms with Crippen LogP contribution in [0.2, 0.25) is 0 Å². The number of nitrogens with two attached hydrogens (primary N) is 1. The normalized spacial score (nSPS) is 39.6. The fourth-order valence-electron chi connectivity index (χ4n) is 5.87. The van der Waals surface area contributed by atoms with Crippen LogP contribution < -0.4 is 5.73 Å². The van der Waals surface area contributed by atoms with Crippen LogP contribution in [0.15, 0.2) is 11.6 Å². The lowest BCUT2D eigenvalue weighted by Gasteiger charge is -2.48. The summed E-state index contributed by atoms with van der Waals surface area (Å²) in [5, 5.41) is 19.3. The highest BCUT2D eigenvalue weighted by molar-refractivity contribution is 5.33. The van der Waals surface area contributed by atoms with Gasteiger partial charge in [-0.25, -0.2) is 0 Å². The molecule has 2 saturated carbocycles. The first-order chi connectivity index (χ1) is 11.6. The van der Waals surface area contributed by atoms with Gasteiger partial charge in [0, 0.05) is 0 Å². The lowest BCUT2D eigenvalue weighted by molar-refractivity contribution is -0.790. The molecule has 9 nitrogen and oxygen atoms in total. The molecular weight excluding hydrogens is 330 g/mol. The number of nitrogens with zero attached hydrogens (tertiary/aromatic N) is 2. The van der Waals surface area contributed by atoms with E-state index in [2.05, 4.69) is 22.7 Å². The maximum Gasteiger partial charge on any atom is 0.294 e. The van der Waals surface area contributed by atoms with Crippen molar-refractivity contribution in [2.45, 2.75) is 52.1 Å². The molecule has 0 spiro atoms. The Hall–Kier alpha value is -1.90. The first-order valence-electron chi connectivity index (χ1n) is 8.59. The molecule has 0 radical (unpaired) electrons. The van der Waals surface area contributed by atoms with Crippen molar-refractivity contribution in [2.75, 3.05) is 13.2 Å². The van der Waals surface area contributed by atoms with Crippen LogP contribution in [0.5, 0.6) is 0 Å². The van der Waals surface area contributed by atoms with Crippen LogP contribution in [-0.4, -0.2) is 29.4 Å². The molecule has 9 heteroatoms. The van der Waals surface area contributed by atoms with Gasteiger partial charge >= 0.3 is 0 Å². The predicted octanol–water partition coefficient (Wildman–Crippen LogP) is 2.26. The first kappa shape index (κ1) is 17.9. The highest BCUT2D eigenvalue weighted by Gasteiger charge is 2.61. The lowest BCUT2D eigenvalue weighted by atomic mass is 9.56. The van der Waals surface area contributed by atoms with Crippen LogP contribution in [-0.2, 0) is 9.68 Å². The zero-order valence-corrected chi connectivity index (χ0v) is 14.6. The second-order valence-electron chi connectivity index (χ2n) is 8.69. The minimum Gasteiger partial charge on any atom is -0.330 e. The highest BCUT2D eigenvalue weighted by atomic mass is 17.0. The minimum atomic E-state index is -0.986. The van der Waals surface area contributed by atoms with Crippen LogP contribution in [0.25, 0.3) is 0 Å². The molecule has 0 amide bonds. The number of allylic oxidation sites excluding steroid dienone is 2. The third-order valence-electron chi connectivity index (χ3n) is 6.35. The summed E-state index contributed by atoms with van der Waals surface area (Å²) in [5.74, 6) is 0.544. The Bertz CT molecular complexity index is 625. The van der Waals surface area contributed by atoms with E-state index in [9.17, 15) is 20.2 Å². The second kappa shape index (κ2) is 5.82. The smallest absolute Gasteiger partial charge is 0.294 e. The molecule has 3 aliphatic rings. The van der Waals surface area contributed by atoms with Gasteiger partial charge in [-0.2, -0.15) is 0 Å². The average molecular weight is 355 g/mol. The Balaban J connectivity index is 1.80. The topological polar surface area (TPSA) is 131 Å². The van der Waals surface area contributed by atoms with Crippen LogP contribution in [0.4, 0.5) is 0 Å². The van der Waals surface area contributed by atoms with E-state index >= 15 is 0 Å². The zero-order valence-electron chi connectivity index (χ0n) is 14.6. The van der Waals surface area contributed by atoms with Crippen molar-refractivity contribution in [1.29, 1.82) is 0 Å². The lowest BCUT2D eigenvalue weighted by Crippen LogP contribution is -2.41. The molecule has 0 aromatic carbocycles. The predicted molar refractivity (Wildman–Crippen MR) is 87.2 cm³/mol. The van der Waals surface area contributed by atoms with Gasteiger partial charge in [0.15, 0.2) is 0 Å². The van der Waals surface area contributed by atoms with Crippen LogP contribution in [0.1, 0.15) is 46.0 Å². The molecule has 140 valence electrons. The Labute approximate surface area is 145 Å². The number of hydrogen-bond donors (Lipinski definition) is 1. The summed E-state index contributed by atoms with van der Waals surface area (Å²) in [6.07, 6.45) is 5.51. The summed E-state index contributed by atoms with van der Waals surface area (Å²) >= 11 is 0. The van der Waals surface area contributed by atoms with Crippen molar-refractivity contribution in [2.24, 2.45) is 27.9 Å². The van der Waals surface area contributed by atoms with Crippen molar-refractivity contribution in [3.8, 4) is 0 Å². The molecule has 5 atom stereocenters. The van der Waals surface area contributed by atoms with E-state index < -0.39 is 22.9 Å². The molecule has 2 bridgehead atoms. The average Bonchev–Trinajstić information content (AvgIpc) is 2.63. The van der Waals surface area contributed by atoms with Crippen molar-refractivity contribution in [1.82, 2.24) is 0 Å². The van der Waals surface area contributed by atoms with Crippen molar-refractivity contribution in [3.63, 3.8) is 0 Å². The fourth-order valence-corrected chi connectivity index (χ4v) is 5.87. The number of rotatable bonds is 8. The van der Waals surface area contributed by atoms with Crippen molar-refractivity contribution in [3.05, 3.63) is 31.9 Å². The van der Waals surface area contributed by atoms with Gasteiger partial charge in [0.25, 0.3) is 10.2 Å². The van der Waals surface area contributed by atoms with Crippen LogP contribution in [0.3, 0.4) is 0 Å². The van der Waals surface area contributed by atoms with E-state index in [4.69, 9.17) is 5.73 Å². The monoisotopic (exact) mass is 355 g/mol. The highest BCUT2D eigenvalue weighted by Crippen LogP contribution is 2.70. The Morgan fingerprint density at radius 1 is 1.32 bits per heavy atom. The third kappa shape index (κ3) is 3.29. The summed E-state index contributed by atoms with van der Waals surface area (Å²) < 4.78 is 0.